The maximum atomic E-state index is 11.5. The Morgan fingerprint density at radius 2 is 0.696 bits per heavy atom. The van der Waals surface area contributed by atoms with Gasteiger partial charge in [0.25, 0.3) is 0 Å². The summed E-state index contributed by atoms with van der Waals surface area (Å²) in [5, 5.41) is 0. The summed E-state index contributed by atoms with van der Waals surface area (Å²) in [6.45, 7) is 18.3. The molecule has 0 aromatic carbocycles. The summed E-state index contributed by atoms with van der Waals surface area (Å²) in [6.07, 6.45) is 4.63. The molecule has 0 heterocycles. The zero-order valence-electron chi connectivity index (χ0n) is 29.2. The molecule has 0 amide bonds. The average Bonchev–Trinajstić information content (AvgIpc) is 3.06. The van der Waals surface area contributed by atoms with Crippen LogP contribution >= 0.6 is 0 Å². The second-order valence-corrected chi connectivity index (χ2v) is 10.4. The Balaban J connectivity index is 3.08. The number of unbranched alkanes of at least 4 members (excludes halogenated alkanes) is 2. The first-order chi connectivity index (χ1) is 22.7. The van der Waals surface area contributed by atoms with Crippen LogP contribution in [0.15, 0.2) is 0 Å². The number of carbonyl (C=O) groups is 1. The minimum absolute atomic E-state index is 0.158. The monoisotopic (exact) mass is 670 g/mol. The summed E-state index contributed by atoms with van der Waals surface area (Å²) >= 11 is 0. The summed E-state index contributed by atoms with van der Waals surface area (Å²) in [6, 6.07) is 0. The van der Waals surface area contributed by atoms with E-state index in [1.807, 2.05) is 0 Å². The Kier molecular flexibility index (Phi) is 39.4. The lowest BCUT2D eigenvalue weighted by molar-refractivity contribution is -0.145. The highest BCUT2D eigenvalue weighted by Crippen LogP contribution is 2.01. The van der Waals surface area contributed by atoms with Gasteiger partial charge < -0.3 is 56.8 Å². The van der Waals surface area contributed by atoms with Crippen molar-refractivity contribution in [1.29, 1.82) is 0 Å². The van der Waals surface area contributed by atoms with Gasteiger partial charge in [0.15, 0.2) is 0 Å². The highest BCUT2D eigenvalue weighted by Gasteiger charge is 2.02. The first kappa shape index (κ1) is 45.0. The molecule has 0 saturated carbocycles. The van der Waals surface area contributed by atoms with Gasteiger partial charge in [-0.2, -0.15) is 0 Å². The summed E-state index contributed by atoms with van der Waals surface area (Å²) in [5.41, 5.74) is 0. The van der Waals surface area contributed by atoms with E-state index in [1.54, 1.807) is 0 Å². The summed E-state index contributed by atoms with van der Waals surface area (Å²) in [5.74, 6) is 0.437. The molecule has 0 aliphatic carbocycles. The lowest BCUT2D eigenvalue weighted by Gasteiger charge is -2.10. The molecule has 0 N–H and O–H groups in total. The van der Waals surface area contributed by atoms with Crippen molar-refractivity contribution in [3.63, 3.8) is 0 Å². The third kappa shape index (κ3) is 39.2. The third-order valence-corrected chi connectivity index (χ3v) is 6.29. The Morgan fingerprint density at radius 1 is 0.413 bits per heavy atom. The fourth-order valence-electron chi connectivity index (χ4n) is 3.41. The second kappa shape index (κ2) is 40.2. The van der Waals surface area contributed by atoms with Crippen LogP contribution in [0.4, 0.5) is 0 Å². The molecule has 0 aromatic rings. The van der Waals surface area contributed by atoms with Crippen molar-refractivity contribution in [1.82, 2.24) is 0 Å². The van der Waals surface area contributed by atoms with E-state index < -0.39 is 0 Å². The summed E-state index contributed by atoms with van der Waals surface area (Å²) in [4.78, 5) is 11.5. The number of hydrogen-bond acceptors (Lipinski definition) is 13. The molecule has 46 heavy (non-hydrogen) atoms. The first-order valence-corrected chi connectivity index (χ1v) is 17.2. The molecule has 1 unspecified atom stereocenters. The first-order valence-electron chi connectivity index (χ1n) is 17.2. The van der Waals surface area contributed by atoms with Gasteiger partial charge in [-0.05, 0) is 12.3 Å². The van der Waals surface area contributed by atoms with Gasteiger partial charge in [0.05, 0.1) is 139 Å². The van der Waals surface area contributed by atoms with Crippen molar-refractivity contribution in [2.24, 2.45) is 5.92 Å². The zero-order valence-corrected chi connectivity index (χ0v) is 29.2. The van der Waals surface area contributed by atoms with Crippen LogP contribution in [0.5, 0.6) is 0 Å². The lowest BCUT2D eigenvalue weighted by Crippen LogP contribution is -2.15. The fourth-order valence-corrected chi connectivity index (χ4v) is 3.41. The van der Waals surface area contributed by atoms with E-state index in [1.165, 1.54) is 0 Å². The Hall–Kier alpha value is -0.970. The Bertz CT molecular complexity index is 586. The van der Waals surface area contributed by atoms with Crippen LogP contribution in [-0.4, -0.2) is 158 Å². The van der Waals surface area contributed by atoms with Crippen LogP contribution < -0.4 is 0 Å². The SMILES string of the molecule is CCCCCC(=O)OCCOCCOCCOCCOCCOCCOCCOCCOCCOCCOCCOCC(C)CC. The quantitative estimate of drug-likeness (QED) is 0.0699. The van der Waals surface area contributed by atoms with Crippen molar-refractivity contribution in [3.05, 3.63) is 0 Å². The molecule has 0 spiro atoms. The van der Waals surface area contributed by atoms with Crippen LogP contribution in [0.25, 0.3) is 0 Å². The number of ether oxygens (including phenoxy) is 12. The van der Waals surface area contributed by atoms with E-state index in [0.717, 1.165) is 32.3 Å². The summed E-state index contributed by atoms with van der Waals surface area (Å²) < 4.78 is 65.2. The van der Waals surface area contributed by atoms with Crippen molar-refractivity contribution in [3.8, 4) is 0 Å². The molecule has 0 aliphatic rings. The molecule has 0 radical (unpaired) electrons. The summed E-state index contributed by atoms with van der Waals surface area (Å²) in [7, 11) is 0. The molecule has 13 nitrogen and oxygen atoms in total. The van der Waals surface area contributed by atoms with Crippen LogP contribution in [0.1, 0.15) is 52.9 Å². The van der Waals surface area contributed by atoms with Gasteiger partial charge in [-0.3, -0.25) is 4.79 Å². The molecule has 0 fully saturated rings. The van der Waals surface area contributed by atoms with Gasteiger partial charge in [0.2, 0.25) is 0 Å². The van der Waals surface area contributed by atoms with Gasteiger partial charge in [0.1, 0.15) is 6.61 Å². The number of carbonyl (C=O) groups excluding carboxylic acids is 1. The normalized spacial score (nSPS) is 12.2. The van der Waals surface area contributed by atoms with Gasteiger partial charge in [-0.1, -0.05) is 40.0 Å². The van der Waals surface area contributed by atoms with E-state index >= 15 is 0 Å². The van der Waals surface area contributed by atoms with E-state index in [4.69, 9.17) is 56.8 Å². The van der Waals surface area contributed by atoms with Gasteiger partial charge in [-0.15, -0.1) is 0 Å². The standard InChI is InChI=1S/C33H66O13/c1-4-6-7-8-33(34)46-30-29-44-26-25-42-22-21-40-18-17-38-14-13-36-10-9-35-11-12-37-15-16-39-19-20-41-23-24-43-27-28-45-31-32(3)5-2/h32H,4-31H2,1-3H3. The van der Waals surface area contributed by atoms with Crippen molar-refractivity contribution in [2.45, 2.75) is 52.9 Å². The Morgan fingerprint density at radius 3 is 0.978 bits per heavy atom. The van der Waals surface area contributed by atoms with Crippen molar-refractivity contribution < 1.29 is 61.6 Å². The molecular weight excluding hydrogens is 604 g/mol. The van der Waals surface area contributed by atoms with Crippen LogP contribution in [0.3, 0.4) is 0 Å². The number of rotatable bonds is 40. The molecule has 0 aromatic heterocycles. The molecule has 276 valence electrons. The van der Waals surface area contributed by atoms with E-state index in [9.17, 15) is 4.79 Å². The molecule has 0 aliphatic heterocycles. The number of hydrogen-bond donors (Lipinski definition) is 0. The zero-order chi connectivity index (χ0) is 33.4. The predicted molar refractivity (Wildman–Crippen MR) is 174 cm³/mol. The van der Waals surface area contributed by atoms with Crippen molar-refractivity contribution in [2.75, 3.05) is 152 Å². The minimum atomic E-state index is -0.158. The van der Waals surface area contributed by atoms with Gasteiger partial charge >= 0.3 is 5.97 Å². The number of esters is 1. The lowest BCUT2D eigenvalue weighted by atomic mass is 10.1. The van der Waals surface area contributed by atoms with E-state index in [0.29, 0.717) is 151 Å². The molecule has 0 bridgehead atoms. The third-order valence-electron chi connectivity index (χ3n) is 6.29. The highest BCUT2D eigenvalue weighted by molar-refractivity contribution is 5.69. The topological polar surface area (TPSA) is 128 Å². The van der Waals surface area contributed by atoms with E-state index in [-0.39, 0.29) is 12.6 Å². The largest absolute Gasteiger partial charge is 0.463 e. The maximum absolute atomic E-state index is 11.5. The van der Waals surface area contributed by atoms with Crippen LogP contribution in [0, 0.1) is 5.92 Å². The van der Waals surface area contributed by atoms with Gasteiger partial charge in [-0.25, -0.2) is 0 Å². The molecule has 13 heteroatoms. The fraction of sp³-hybridized carbons (Fsp3) is 0.970. The van der Waals surface area contributed by atoms with Crippen LogP contribution in [0.2, 0.25) is 0 Å². The maximum Gasteiger partial charge on any atom is 0.305 e. The smallest absolute Gasteiger partial charge is 0.305 e. The van der Waals surface area contributed by atoms with Crippen LogP contribution in [-0.2, 0) is 61.6 Å². The van der Waals surface area contributed by atoms with E-state index in [2.05, 4.69) is 20.8 Å². The predicted octanol–water partition coefficient (Wildman–Crippen LogP) is 3.34. The van der Waals surface area contributed by atoms with Gasteiger partial charge in [0, 0.05) is 13.0 Å². The molecule has 0 rings (SSSR count). The molecule has 1 atom stereocenters. The van der Waals surface area contributed by atoms with Crippen molar-refractivity contribution >= 4 is 5.97 Å². The highest BCUT2D eigenvalue weighted by atomic mass is 16.6. The minimum Gasteiger partial charge on any atom is -0.463 e. The molecule has 0 saturated heterocycles. The second-order valence-electron chi connectivity index (χ2n) is 10.4. The average molecular weight is 671 g/mol. The Labute approximate surface area is 278 Å². The molecular formula is C33H66O13.